The number of anilines is 1. The van der Waals surface area contributed by atoms with E-state index in [-0.39, 0.29) is 11.5 Å². The van der Waals surface area contributed by atoms with Gasteiger partial charge in [0.05, 0.1) is 18.9 Å². The Bertz CT molecular complexity index is 1070. The van der Waals surface area contributed by atoms with Crippen LogP contribution in [0.25, 0.3) is 22.7 Å². The number of carbonyl (C=O) groups excluding carboxylic acids is 2. The predicted octanol–water partition coefficient (Wildman–Crippen LogP) is 4.69. The summed E-state index contributed by atoms with van der Waals surface area (Å²) < 4.78 is 15.8. The van der Waals surface area contributed by atoms with Crippen LogP contribution in [0.5, 0.6) is 0 Å². The Kier molecular flexibility index (Phi) is 6.16. The summed E-state index contributed by atoms with van der Waals surface area (Å²) in [6, 6.07) is 8.36. The van der Waals surface area contributed by atoms with E-state index in [1.165, 1.54) is 13.3 Å². The summed E-state index contributed by atoms with van der Waals surface area (Å²) in [5, 5.41) is 6.62. The molecule has 0 aliphatic heterocycles. The first kappa shape index (κ1) is 21.4. The van der Waals surface area contributed by atoms with Crippen molar-refractivity contribution in [3.63, 3.8) is 0 Å². The molecule has 1 N–H and O–H groups in total. The quantitative estimate of drug-likeness (QED) is 0.540. The summed E-state index contributed by atoms with van der Waals surface area (Å²) in [7, 11) is 1.32. The first-order valence-corrected chi connectivity index (χ1v) is 9.64. The van der Waals surface area contributed by atoms with E-state index >= 15 is 0 Å². The van der Waals surface area contributed by atoms with Gasteiger partial charge < -0.3 is 14.0 Å². The number of esters is 1. The number of nitrogens with zero attached hydrogens (tertiary/aromatic N) is 3. The number of aromatic nitrogens is 3. The summed E-state index contributed by atoms with van der Waals surface area (Å²) >= 11 is 3.27. The second kappa shape index (κ2) is 8.62. The maximum Gasteiger partial charge on any atom is 0.413 e. The first-order valence-electron chi connectivity index (χ1n) is 8.84. The van der Waals surface area contributed by atoms with Crippen molar-refractivity contribution in [2.75, 3.05) is 12.4 Å². The molecule has 0 aliphatic rings. The van der Waals surface area contributed by atoms with E-state index in [0.29, 0.717) is 21.6 Å². The van der Waals surface area contributed by atoms with Crippen molar-refractivity contribution in [3.05, 3.63) is 46.7 Å². The van der Waals surface area contributed by atoms with Gasteiger partial charge in [0, 0.05) is 11.6 Å². The minimum atomic E-state index is -0.668. The van der Waals surface area contributed by atoms with Crippen LogP contribution >= 0.6 is 15.9 Å². The topological polar surface area (TPSA) is 116 Å². The molecule has 1 aromatic carbocycles. The van der Waals surface area contributed by atoms with Crippen LogP contribution in [0.1, 0.15) is 31.1 Å². The molecule has 0 saturated carbocycles. The van der Waals surface area contributed by atoms with Gasteiger partial charge in [-0.05, 0) is 48.8 Å². The molecule has 0 radical (unpaired) electrons. The molecule has 0 atom stereocenters. The average Bonchev–Trinajstić information content (AvgIpc) is 3.17. The van der Waals surface area contributed by atoms with Crippen molar-refractivity contribution in [2.45, 2.75) is 26.4 Å². The van der Waals surface area contributed by atoms with Gasteiger partial charge in [-0.25, -0.2) is 19.6 Å². The summed E-state index contributed by atoms with van der Waals surface area (Å²) in [6.07, 6.45) is 0.775. The van der Waals surface area contributed by atoms with Gasteiger partial charge in [-0.3, -0.25) is 5.32 Å². The van der Waals surface area contributed by atoms with E-state index in [1.807, 2.05) is 0 Å². The van der Waals surface area contributed by atoms with E-state index in [1.54, 1.807) is 51.1 Å². The number of amides is 1. The predicted molar refractivity (Wildman–Crippen MR) is 112 cm³/mol. The lowest BCUT2D eigenvalue weighted by molar-refractivity contribution is 0.0598. The van der Waals surface area contributed by atoms with Gasteiger partial charge in [-0.2, -0.15) is 0 Å². The molecular weight excluding hydrogens is 456 g/mol. The Hall–Kier alpha value is -3.27. The molecule has 10 heteroatoms. The third kappa shape index (κ3) is 5.20. The van der Waals surface area contributed by atoms with Crippen LogP contribution in [0.3, 0.4) is 0 Å². The molecule has 0 bridgehead atoms. The number of methoxy groups -OCH3 is 1. The number of ether oxygens (including phenoxy) is 2. The third-order valence-corrected chi connectivity index (χ3v) is 4.09. The highest BCUT2D eigenvalue weighted by molar-refractivity contribution is 9.10. The van der Waals surface area contributed by atoms with Gasteiger partial charge >= 0.3 is 12.1 Å². The smallest absolute Gasteiger partial charge is 0.413 e. The minimum absolute atomic E-state index is 0.163. The average molecular weight is 475 g/mol. The molecule has 3 rings (SSSR count). The molecule has 0 spiro atoms. The molecule has 0 unspecified atom stereocenters. The highest BCUT2D eigenvalue weighted by atomic mass is 79.9. The number of halogens is 1. The number of carbonyl (C=O) groups is 2. The maximum absolute atomic E-state index is 12.1. The third-order valence-electron chi connectivity index (χ3n) is 3.71. The fourth-order valence-corrected chi connectivity index (χ4v) is 2.73. The number of hydrogen-bond donors (Lipinski definition) is 1. The zero-order valence-electron chi connectivity index (χ0n) is 16.7. The Morgan fingerprint density at radius 1 is 1.17 bits per heavy atom. The summed E-state index contributed by atoms with van der Waals surface area (Å²) in [5.41, 5.74) is 1.28. The molecule has 30 heavy (non-hydrogen) atoms. The molecule has 3 aromatic rings. The van der Waals surface area contributed by atoms with Crippen LogP contribution in [0.4, 0.5) is 10.6 Å². The number of hydrogen-bond acceptors (Lipinski definition) is 8. The normalized spacial score (nSPS) is 11.1. The van der Waals surface area contributed by atoms with E-state index in [0.717, 1.165) is 5.56 Å². The first-order chi connectivity index (χ1) is 14.2. The maximum atomic E-state index is 12.1. The number of rotatable bonds is 4. The lowest BCUT2D eigenvalue weighted by Gasteiger charge is -2.19. The van der Waals surface area contributed by atoms with Crippen molar-refractivity contribution in [2.24, 2.45) is 0 Å². The zero-order valence-corrected chi connectivity index (χ0v) is 18.3. The minimum Gasteiger partial charge on any atom is -0.465 e. The standard InChI is InChI=1S/C20H19BrN4O5/c1-20(2,3)29-19(27)24-17-16(23-15(21)10-22-17)14-9-13(25-30-14)11-5-7-12(8-6-11)18(26)28-4/h5-10H,1-4H3,(H,22,24,27). The SMILES string of the molecule is COC(=O)c1ccc(-c2cc(-c3nc(Br)cnc3NC(=O)OC(C)(C)C)on2)cc1. The summed E-state index contributed by atoms with van der Waals surface area (Å²) in [6.45, 7) is 5.28. The Morgan fingerprint density at radius 3 is 2.50 bits per heavy atom. The summed E-state index contributed by atoms with van der Waals surface area (Å²) in [4.78, 5) is 32.2. The van der Waals surface area contributed by atoms with E-state index in [9.17, 15) is 9.59 Å². The monoisotopic (exact) mass is 474 g/mol. The van der Waals surface area contributed by atoms with Gasteiger partial charge in [0.2, 0.25) is 0 Å². The van der Waals surface area contributed by atoms with Crippen LogP contribution in [-0.2, 0) is 9.47 Å². The van der Waals surface area contributed by atoms with Gasteiger partial charge in [0.25, 0.3) is 0 Å². The van der Waals surface area contributed by atoms with Crippen LogP contribution in [0.2, 0.25) is 0 Å². The van der Waals surface area contributed by atoms with Gasteiger partial charge in [0.15, 0.2) is 17.3 Å². The molecule has 9 nitrogen and oxygen atoms in total. The lowest BCUT2D eigenvalue weighted by Crippen LogP contribution is -2.27. The van der Waals surface area contributed by atoms with Crippen molar-refractivity contribution in [1.29, 1.82) is 0 Å². The zero-order chi connectivity index (χ0) is 21.9. The van der Waals surface area contributed by atoms with Crippen LogP contribution in [-0.4, -0.2) is 39.9 Å². The fourth-order valence-electron chi connectivity index (χ4n) is 2.45. The van der Waals surface area contributed by atoms with E-state index in [4.69, 9.17) is 14.0 Å². The fraction of sp³-hybridized carbons (Fsp3) is 0.250. The number of nitrogens with one attached hydrogen (secondary N) is 1. The van der Waals surface area contributed by atoms with Gasteiger partial charge in [0.1, 0.15) is 15.9 Å². The van der Waals surface area contributed by atoms with Crippen LogP contribution in [0, 0.1) is 0 Å². The second-order valence-electron chi connectivity index (χ2n) is 7.16. The molecular formula is C20H19BrN4O5. The summed E-state index contributed by atoms with van der Waals surface area (Å²) in [5.74, 6) is 0.0303. The largest absolute Gasteiger partial charge is 0.465 e. The highest BCUT2D eigenvalue weighted by Gasteiger charge is 2.21. The molecule has 0 fully saturated rings. The van der Waals surface area contributed by atoms with Gasteiger partial charge in [-0.1, -0.05) is 17.3 Å². The van der Waals surface area contributed by atoms with Crippen molar-refractivity contribution in [3.8, 4) is 22.7 Å². The van der Waals surface area contributed by atoms with Crippen molar-refractivity contribution >= 4 is 33.8 Å². The van der Waals surface area contributed by atoms with Crippen LogP contribution < -0.4 is 5.32 Å². The number of benzene rings is 1. The van der Waals surface area contributed by atoms with Gasteiger partial charge in [-0.15, -0.1) is 0 Å². The molecule has 1 amide bonds. The Labute approximate surface area is 180 Å². The molecule has 0 saturated heterocycles. The lowest BCUT2D eigenvalue weighted by atomic mass is 10.1. The second-order valence-corrected chi connectivity index (χ2v) is 7.97. The van der Waals surface area contributed by atoms with Crippen LogP contribution in [0.15, 0.2) is 45.7 Å². The van der Waals surface area contributed by atoms with E-state index < -0.39 is 17.7 Å². The Morgan fingerprint density at radius 2 is 1.87 bits per heavy atom. The van der Waals surface area contributed by atoms with Crippen molar-refractivity contribution < 1.29 is 23.6 Å². The van der Waals surface area contributed by atoms with Crippen molar-refractivity contribution in [1.82, 2.24) is 15.1 Å². The molecule has 2 aromatic heterocycles. The Balaban J connectivity index is 1.88. The highest BCUT2D eigenvalue weighted by Crippen LogP contribution is 2.30. The molecule has 2 heterocycles. The molecule has 0 aliphatic carbocycles. The van der Waals surface area contributed by atoms with E-state index in [2.05, 4.69) is 36.4 Å². The molecule has 156 valence electrons.